The second kappa shape index (κ2) is 8.32. The highest BCUT2D eigenvalue weighted by atomic mass is 16.6. The summed E-state index contributed by atoms with van der Waals surface area (Å²) in [6, 6.07) is 0. The van der Waals surface area contributed by atoms with Crippen LogP contribution in [0.4, 0.5) is 0 Å². The molecular weight excluding hydrogens is 232 g/mol. The highest BCUT2D eigenvalue weighted by molar-refractivity contribution is 5.82. The Morgan fingerprint density at radius 3 is 2.56 bits per heavy atom. The summed E-state index contributed by atoms with van der Waals surface area (Å²) in [7, 11) is 0. The lowest BCUT2D eigenvalue weighted by Gasteiger charge is -2.20. The third kappa shape index (κ3) is 6.21. The van der Waals surface area contributed by atoms with Crippen molar-refractivity contribution >= 4 is 5.84 Å². The summed E-state index contributed by atoms with van der Waals surface area (Å²) in [4.78, 5) is 5.08. The van der Waals surface area contributed by atoms with Crippen LogP contribution in [0.15, 0.2) is 5.16 Å². The van der Waals surface area contributed by atoms with Crippen molar-refractivity contribution in [3.8, 4) is 0 Å². The molecule has 0 saturated heterocycles. The average molecular weight is 258 g/mol. The van der Waals surface area contributed by atoms with Crippen molar-refractivity contribution in [3.05, 3.63) is 0 Å². The van der Waals surface area contributed by atoms with Crippen LogP contribution in [0, 0.1) is 5.92 Å². The minimum Gasteiger partial charge on any atom is -0.392 e. The van der Waals surface area contributed by atoms with E-state index in [2.05, 4.69) is 5.16 Å². The Hall–Kier alpha value is -0.810. The first kappa shape index (κ1) is 15.2. The quantitative estimate of drug-likeness (QED) is 0.413. The van der Waals surface area contributed by atoms with E-state index in [1.165, 1.54) is 19.3 Å². The summed E-state index contributed by atoms with van der Waals surface area (Å²) in [5.41, 5.74) is 5.87. The third-order valence-corrected chi connectivity index (χ3v) is 3.08. The molecule has 0 heterocycles. The molecule has 1 saturated carbocycles. The highest BCUT2D eigenvalue weighted by Gasteiger charge is 2.17. The van der Waals surface area contributed by atoms with Crippen LogP contribution in [-0.2, 0) is 9.57 Å². The van der Waals surface area contributed by atoms with Gasteiger partial charge in [-0.05, 0) is 26.7 Å². The van der Waals surface area contributed by atoms with E-state index in [9.17, 15) is 5.11 Å². The molecular formula is C13H26N2O3. The molecule has 1 aliphatic carbocycles. The maximum absolute atomic E-state index is 9.56. The SMILES string of the molecule is CC(C)OCC(O)CON=C(N)C1CCCCC1. The predicted octanol–water partition coefficient (Wildman–Crippen LogP) is 1.64. The number of hydrogen-bond acceptors (Lipinski definition) is 4. The van der Waals surface area contributed by atoms with Gasteiger partial charge >= 0.3 is 0 Å². The van der Waals surface area contributed by atoms with Crippen molar-refractivity contribution in [3.63, 3.8) is 0 Å². The van der Waals surface area contributed by atoms with Crippen LogP contribution in [0.25, 0.3) is 0 Å². The number of ether oxygens (including phenoxy) is 1. The maximum Gasteiger partial charge on any atom is 0.145 e. The van der Waals surface area contributed by atoms with Crippen molar-refractivity contribution < 1.29 is 14.7 Å². The normalized spacial score (nSPS) is 20.1. The monoisotopic (exact) mass is 258 g/mol. The van der Waals surface area contributed by atoms with E-state index in [-0.39, 0.29) is 19.3 Å². The largest absolute Gasteiger partial charge is 0.392 e. The number of aliphatic hydroxyl groups is 1. The van der Waals surface area contributed by atoms with Crippen molar-refractivity contribution in [1.29, 1.82) is 0 Å². The van der Waals surface area contributed by atoms with E-state index in [0.717, 1.165) is 12.8 Å². The highest BCUT2D eigenvalue weighted by Crippen LogP contribution is 2.23. The zero-order valence-electron chi connectivity index (χ0n) is 11.5. The molecule has 5 nitrogen and oxygen atoms in total. The molecule has 0 spiro atoms. The molecule has 18 heavy (non-hydrogen) atoms. The van der Waals surface area contributed by atoms with E-state index < -0.39 is 6.10 Å². The molecule has 1 unspecified atom stereocenters. The van der Waals surface area contributed by atoms with Gasteiger partial charge in [-0.3, -0.25) is 0 Å². The maximum atomic E-state index is 9.56. The summed E-state index contributed by atoms with van der Waals surface area (Å²) in [5, 5.41) is 13.5. The number of oxime groups is 1. The van der Waals surface area contributed by atoms with Gasteiger partial charge in [-0.25, -0.2) is 0 Å². The lowest BCUT2D eigenvalue weighted by atomic mass is 9.89. The molecule has 1 fully saturated rings. The third-order valence-electron chi connectivity index (χ3n) is 3.08. The molecule has 0 aromatic rings. The van der Waals surface area contributed by atoms with E-state index in [4.69, 9.17) is 15.3 Å². The molecule has 3 N–H and O–H groups in total. The molecule has 0 aromatic carbocycles. The predicted molar refractivity (Wildman–Crippen MR) is 71.2 cm³/mol. The topological polar surface area (TPSA) is 77.1 Å². The molecule has 0 bridgehead atoms. The molecule has 1 rings (SSSR count). The summed E-state index contributed by atoms with van der Waals surface area (Å²) in [5.74, 6) is 0.912. The van der Waals surface area contributed by atoms with Gasteiger partial charge in [0.25, 0.3) is 0 Å². The molecule has 0 radical (unpaired) electrons. The lowest BCUT2D eigenvalue weighted by molar-refractivity contribution is -0.0349. The van der Waals surface area contributed by atoms with Crippen LogP contribution >= 0.6 is 0 Å². The van der Waals surface area contributed by atoms with Crippen molar-refractivity contribution in [2.45, 2.75) is 58.2 Å². The Morgan fingerprint density at radius 1 is 1.28 bits per heavy atom. The summed E-state index contributed by atoms with van der Waals surface area (Å²) >= 11 is 0. The molecule has 0 aromatic heterocycles. The van der Waals surface area contributed by atoms with Gasteiger partial charge in [-0.15, -0.1) is 0 Å². The first-order valence-electron chi connectivity index (χ1n) is 6.84. The first-order chi connectivity index (χ1) is 8.59. The molecule has 0 aliphatic heterocycles. The van der Waals surface area contributed by atoms with Gasteiger partial charge in [0.15, 0.2) is 0 Å². The van der Waals surface area contributed by atoms with Gasteiger partial charge in [0, 0.05) is 5.92 Å². The van der Waals surface area contributed by atoms with Gasteiger partial charge in [0.05, 0.1) is 12.7 Å². The minimum atomic E-state index is -0.657. The Labute approximate surface area is 109 Å². The standard InChI is InChI=1S/C13H26N2O3/c1-10(2)17-8-12(16)9-18-15-13(14)11-6-4-3-5-7-11/h10-12,16H,3-9H2,1-2H3,(H2,14,15). The molecule has 0 amide bonds. The minimum absolute atomic E-state index is 0.107. The molecule has 106 valence electrons. The number of aliphatic hydroxyl groups excluding tert-OH is 1. The van der Waals surface area contributed by atoms with Crippen LogP contribution < -0.4 is 5.73 Å². The Balaban J connectivity index is 2.17. The van der Waals surface area contributed by atoms with Crippen LogP contribution in [0.5, 0.6) is 0 Å². The van der Waals surface area contributed by atoms with Gasteiger partial charge in [-0.1, -0.05) is 24.4 Å². The number of rotatable bonds is 7. The van der Waals surface area contributed by atoms with Gasteiger partial charge in [0.1, 0.15) is 18.5 Å². The fraction of sp³-hybridized carbons (Fsp3) is 0.923. The second-order valence-corrected chi connectivity index (χ2v) is 5.18. The second-order valence-electron chi connectivity index (χ2n) is 5.18. The Kier molecular flexibility index (Phi) is 7.05. The van der Waals surface area contributed by atoms with Gasteiger partial charge in [-0.2, -0.15) is 0 Å². The Bertz CT molecular complexity index is 251. The zero-order valence-corrected chi connectivity index (χ0v) is 11.5. The zero-order chi connectivity index (χ0) is 13.4. The van der Waals surface area contributed by atoms with Crippen LogP contribution in [0.1, 0.15) is 46.0 Å². The molecule has 5 heteroatoms. The fourth-order valence-electron chi connectivity index (χ4n) is 2.02. The summed E-state index contributed by atoms with van der Waals surface area (Å²) in [6.07, 6.45) is 5.36. The van der Waals surface area contributed by atoms with Crippen LogP contribution in [0.2, 0.25) is 0 Å². The summed E-state index contributed by atoms with van der Waals surface area (Å²) < 4.78 is 5.27. The summed E-state index contributed by atoms with van der Waals surface area (Å²) in [6.45, 7) is 4.23. The van der Waals surface area contributed by atoms with Crippen molar-refractivity contribution in [2.24, 2.45) is 16.8 Å². The number of nitrogens with zero attached hydrogens (tertiary/aromatic N) is 1. The van der Waals surface area contributed by atoms with E-state index >= 15 is 0 Å². The first-order valence-corrected chi connectivity index (χ1v) is 6.84. The van der Waals surface area contributed by atoms with Crippen molar-refractivity contribution in [1.82, 2.24) is 0 Å². The Morgan fingerprint density at radius 2 is 1.94 bits per heavy atom. The molecule has 1 atom stereocenters. The van der Waals surface area contributed by atoms with Gasteiger partial charge < -0.3 is 20.4 Å². The van der Waals surface area contributed by atoms with Crippen LogP contribution in [-0.4, -0.2) is 36.4 Å². The average Bonchev–Trinajstić information content (AvgIpc) is 2.37. The van der Waals surface area contributed by atoms with E-state index in [0.29, 0.717) is 11.8 Å². The molecule has 1 aliphatic rings. The van der Waals surface area contributed by atoms with E-state index in [1.54, 1.807) is 0 Å². The van der Waals surface area contributed by atoms with E-state index in [1.807, 2.05) is 13.8 Å². The lowest BCUT2D eigenvalue weighted by Crippen LogP contribution is -2.27. The fourth-order valence-corrected chi connectivity index (χ4v) is 2.02. The number of hydrogen-bond donors (Lipinski definition) is 2. The smallest absolute Gasteiger partial charge is 0.145 e. The van der Waals surface area contributed by atoms with Crippen molar-refractivity contribution in [2.75, 3.05) is 13.2 Å². The van der Waals surface area contributed by atoms with Gasteiger partial charge in [0.2, 0.25) is 0 Å². The van der Waals surface area contributed by atoms with Crippen LogP contribution in [0.3, 0.4) is 0 Å². The number of amidine groups is 1. The number of nitrogens with two attached hydrogens (primary N) is 1.